The number of ketones is 1. The molecule has 2 fully saturated rings. The molecule has 1 saturated carbocycles. The Hall–Kier alpha value is -2.70. The van der Waals surface area contributed by atoms with Gasteiger partial charge >= 0.3 is 18.2 Å². The lowest BCUT2D eigenvalue weighted by Gasteiger charge is -2.24. The van der Waals surface area contributed by atoms with Crippen LogP contribution in [0.3, 0.4) is 0 Å². The summed E-state index contributed by atoms with van der Waals surface area (Å²) in [5.74, 6) is -5.38. The molecule has 30 heavy (non-hydrogen) atoms. The molecule has 3 atom stereocenters. The number of carbonyl (C=O) groups is 5. The molecule has 0 bridgehead atoms. The minimum atomic E-state index is -5.04. The maximum atomic E-state index is 12.6. The van der Waals surface area contributed by atoms with Crippen molar-refractivity contribution in [2.45, 2.75) is 50.6 Å². The van der Waals surface area contributed by atoms with E-state index in [0.29, 0.717) is 13.0 Å². The number of hydrogen-bond donors (Lipinski definition) is 4. The van der Waals surface area contributed by atoms with Gasteiger partial charge in [-0.25, -0.2) is 0 Å². The minimum absolute atomic E-state index is 0.122. The van der Waals surface area contributed by atoms with Crippen molar-refractivity contribution < 1.29 is 41.9 Å². The number of halogens is 3. The highest BCUT2D eigenvalue weighted by Crippen LogP contribution is 2.33. The summed E-state index contributed by atoms with van der Waals surface area (Å²) in [6.07, 6.45) is -3.13. The van der Waals surface area contributed by atoms with Crippen LogP contribution in [-0.4, -0.2) is 61.0 Å². The van der Waals surface area contributed by atoms with E-state index in [-0.39, 0.29) is 24.7 Å². The summed E-state index contributed by atoms with van der Waals surface area (Å²) >= 11 is 0. The molecule has 168 valence electrons. The molecule has 0 radical (unpaired) electrons. The molecule has 0 spiro atoms. The maximum Gasteiger partial charge on any atom is 0.522 e. The topological polar surface area (TPSA) is 157 Å². The molecule has 0 aromatic heterocycles. The summed E-state index contributed by atoms with van der Waals surface area (Å²) in [6.45, 7) is -1.000. The van der Waals surface area contributed by atoms with E-state index in [1.54, 1.807) is 0 Å². The number of alkyl halides is 3. The number of amides is 4. The molecular formula is C17H23F3N4O6. The molecular weight excluding hydrogens is 413 g/mol. The molecule has 0 aromatic carbocycles. The average Bonchev–Trinajstić information content (AvgIpc) is 3.38. The van der Waals surface area contributed by atoms with Gasteiger partial charge in [0.1, 0.15) is 12.6 Å². The molecule has 1 aliphatic heterocycles. The maximum absolute atomic E-state index is 12.6. The summed E-state index contributed by atoms with van der Waals surface area (Å²) in [7, 11) is 0. The Morgan fingerprint density at radius 1 is 1.10 bits per heavy atom. The van der Waals surface area contributed by atoms with E-state index in [9.17, 15) is 37.1 Å². The highest BCUT2D eigenvalue weighted by Gasteiger charge is 2.37. The zero-order chi connectivity index (χ0) is 22.5. The van der Waals surface area contributed by atoms with E-state index in [4.69, 9.17) is 5.73 Å². The third-order valence-corrected chi connectivity index (χ3v) is 4.88. The van der Waals surface area contributed by atoms with Crippen LogP contribution in [0.4, 0.5) is 13.2 Å². The molecule has 10 nitrogen and oxygen atoms in total. The molecule has 13 heteroatoms. The van der Waals surface area contributed by atoms with Crippen molar-refractivity contribution in [3.8, 4) is 0 Å². The number of Topliss-reactive ketones (excluding diaryl/α,β-unsaturated/α-hetero) is 1. The standard InChI is InChI=1S/C17H23F3N4O6/c18-17(19,20)30-7-12(25)10(6-9-3-4-22-14(9)27)23-15(28)11(5-8-1-2-8)24-16(29)13(21)26/h8-11H,1-7H2,(H2,21,26)(H,22,27)(H,23,28)(H,24,29)/t9-,10-,11-/m0/s1. The number of nitrogens with two attached hydrogens (primary N) is 1. The fourth-order valence-electron chi connectivity index (χ4n) is 3.10. The molecule has 0 unspecified atom stereocenters. The predicted molar refractivity (Wildman–Crippen MR) is 93.1 cm³/mol. The molecule has 1 saturated heterocycles. The molecule has 5 N–H and O–H groups in total. The van der Waals surface area contributed by atoms with Gasteiger partial charge in [0.15, 0.2) is 5.78 Å². The van der Waals surface area contributed by atoms with Crippen molar-refractivity contribution in [1.29, 1.82) is 0 Å². The second-order valence-corrected chi connectivity index (χ2v) is 7.34. The Labute approximate surface area is 169 Å². The van der Waals surface area contributed by atoms with Gasteiger partial charge in [0.25, 0.3) is 0 Å². The van der Waals surface area contributed by atoms with Crippen LogP contribution < -0.4 is 21.7 Å². The normalized spacial score (nSPS) is 20.8. The highest BCUT2D eigenvalue weighted by molar-refractivity contribution is 6.34. The van der Waals surface area contributed by atoms with E-state index >= 15 is 0 Å². The zero-order valence-electron chi connectivity index (χ0n) is 15.9. The first-order chi connectivity index (χ1) is 14.0. The quantitative estimate of drug-likeness (QED) is 0.318. The summed E-state index contributed by atoms with van der Waals surface area (Å²) < 4.78 is 40.4. The van der Waals surface area contributed by atoms with Gasteiger partial charge in [-0.1, -0.05) is 12.8 Å². The van der Waals surface area contributed by atoms with E-state index in [1.165, 1.54) is 0 Å². The largest absolute Gasteiger partial charge is 0.522 e. The van der Waals surface area contributed by atoms with Crippen LogP contribution in [0.1, 0.15) is 32.1 Å². The number of carbonyl (C=O) groups excluding carboxylic acids is 5. The first-order valence-electron chi connectivity index (χ1n) is 9.38. The molecule has 4 amide bonds. The van der Waals surface area contributed by atoms with Gasteiger partial charge in [0, 0.05) is 12.5 Å². The van der Waals surface area contributed by atoms with Gasteiger partial charge in [0.2, 0.25) is 11.8 Å². The van der Waals surface area contributed by atoms with Crippen LogP contribution in [0.2, 0.25) is 0 Å². The second kappa shape index (κ2) is 9.87. The van der Waals surface area contributed by atoms with E-state index in [2.05, 4.69) is 20.7 Å². The van der Waals surface area contributed by atoms with Gasteiger partial charge in [-0.2, -0.15) is 0 Å². The molecule has 1 heterocycles. The van der Waals surface area contributed by atoms with Gasteiger partial charge in [-0.3, -0.25) is 28.7 Å². The van der Waals surface area contributed by atoms with Crippen LogP contribution in [0, 0.1) is 11.8 Å². The number of hydrogen-bond acceptors (Lipinski definition) is 6. The van der Waals surface area contributed by atoms with E-state index < -0.39 is 54.5 Å². The third kappa shape index (κ3) is 7.61. The fraction of sp³-hybridized carbons (Fsp3) is 0.706. The van der Waals surface area contributed by atoms with Gasteiger partial charge in [-0.15, -0.1) is 13.2 Å². The SMILES string of the molecule is NC(=O)C(=O)N[C@@H](CC1CC1)C(=O)N[C@@H](C[C@@H]1CCNC1=O)C(=O)COC(F)(F)F. The molecule has 2 aliphatic rings. The number of ether oxygens (including phenoxy) is 1. The summed E-state index contributed by atoms with van der Waals surface area (Å²) in [5.41, 5.74) is 4.88. The molecule has 2 rings (SSSR count). The van der Waals surface area contributed by atoms with Crippen molar-refractivity contribution in [2.24, 2.45) is 17.6 Å². The zero-order valence-corrected chi connectivity index (χ0v) is 15.9. The first-order valence-corrected chi connectivity index (χ1v) is 9.38. The summed E-state index contributed by atoms with van der Waals surface area (Å²) in [5, 5.41) is 7.00. The van der Waals surface area contributed by atoms with Crippen molar-refractivity contribution in [3.05, 3.63) is 0 Å². The monoisotopic (exact) mass is 436 g/mol. The number of nitrogens with one attached hydrogen (secondary N) is 3. The van der Waals surface area contributed by atoms with E-state index in [0.717, 1.165) is 12.8 Å². The Balaban J connectivity index is 2.08. The lowest BCUT2D eigenvalue weighted by molar-refractivity contribution is -0.321. The minimum Gasteiger partial charge on any atom is -0.361 e. The van der Waals surface area contributed by atoms with Crippen LogP contribution in [-0.2, 0) is 28.7 Å². The van der Waals surface area contributed by atoms with Crippen molar-refractivity contribution in [2.75, 3.05) is 13.2 Å². The predicted octanol–water partition coefficient (Wildman–Crippen LogP) is -1.13. The smallest absolute Gasteiger partial charge is 0.361 e. The van der Waals surface area contributed by atoms with Crippen molar-refractivity contribution >= 4 is 29.4 Å². The van der Waals surface area contributed by atoms with Gasteiger partial charge in [0.05, 0.1) is 6.04 Å². The third-order valence-electron chi connectivity index (χ3n) is 4.88. The molecule has 1 aliphatic carbocycles. The Morgan fingerprint density at radius 2 is 1.77 bits per heavy atom. The lowest BCUT2D eigenvalue weighted by Crippen LogP contribution is -2.54. The Kier molecular flexibility index (Phi) is 7.76. The second-order valence-electron chi connectivity index (χ2n) is 7.34. The van der Waals surface area contributed by atoms with Gasteiger partial charge in [-0.05, 0) is 25.2 Å². The summed E-state index contributed by atoms with van der Waals surface area (Å²) in [4.78, 5) is 59.3. The number of primary amides is 1. The van der Waals surface area contributed by atoms with Crippen LogP contribution in [0.15, 0.2) is 0 Å². The Morgan fingerprint density at radius 3 is 2.27 bits per heavy atom. The van der Waals surface area contributed by atoms with Crippen LogP contribution >= 0.6 is 0 Å². The van der Waals surface area contributed by atoms with E-state index in [1.807, 2.05) is 0 Å². The highest BCUT2D eigenvalue weighted by atomic mass is 19.4. The molecule has 0 aromatic rings. The Bertz CT molecular complexity index is 710. The summed E-state index contributed by atoms with van der Waals surface area (Å²) in [6, 6.07) is -2.64. The number of rotatable bonds is 10. The fourth-order valence-corrected chi connectivity index (χ4v) is 3.10. The average molecular weight is 436 g/mol. The van der Waals surface area contributed by atoms with Crippen LogP contribution in [0.25, 0.3) is 0 Å². The van der Waals surface area contributed by atoms with Gasteiger partial charge < -0.3 is 21.7 Å². The first kappa shape index (κ1) is 23.6. The van der Waals surface area contributed by atoms with Crippen LogP contribution in [0.5, 0.6) is 0 Å². The van der Waals surface area contributed by atoms with Crippen molar-refractivity contribution in [1.82, 2.24) is 16.0 Å². The lowest BCUT2D eigenvalue weighted by atomic mass is 9.95. The van der Waals surface area contributed by atoms with Crippen molar-refractivity contribution in [3.63, 3.8) is 0 Å².